The molecular weight excluding hydrogens is 243 g/mol. The van der Waals surface area contributed by atoms with Gasteiger partial charge in [0.15, 0.2) is 0 Å². The second kappa shape index (κ2) is 5.10. The zero-order chi connectivity index (χ0) is 11.4. The Balaban J connectivity index is 2.09. The molecule has 2 aromatic rings. The molecule has 0 unspecified atom stereocenters. The fourth-order valence-corrected chi connectivity index (χ4v) is 1.63. The second-order valence-electron chi connectivity index (χ2n) is 3.21. The third kappa shape index (κ3) is 2.60. The van der Waals surface area contributed by atoms with E-state index in [0.29, 0.717) is 10.0 Å². The summed E-state index contributed by atoms with van der Waals surface area (Å²) in [5.74, 6) is 0. The van der Waals surface area contributed by atoms with Crippen LogP contribution < -0.4 is 10.9 Å². The molecule has 0 aliphatic rings. The zero-order valence-corrected chi connectivity index (χ0v) is 9.89. The quantitative estimate of drug-likeness (QED) is 0.790. The van der Waals surface area contributed by atoms with Gasteiger partial charge in [0.1, 0.15) is 0 Å². The summed E-state index contributed by atoms with van der Waals surface area (Å²) in [5.41, 5.74) is 7.63. The van der Waals surface area contributed by atoms with Crippen molar-refractivity contribution in [3.63, 3.8) is 0 Å². The second-order valence-corrected chi connectivity index (χ2v) is 4.02. The van der Waals surface area contributed by atoms with Gasteiger partial charge < -0.3 is 0 Å². The minimum Gasteiger partial charge on any atom is -0.299 e. The maximum atomic E-state index is 5.99. The van der Waals surface area contributed by atoms with Crippen LogP contribution in [0.25, 0.3) is 0 Å². The van der Waals surface area contributed by atoms with Gasteiger partial charge in [-0.3, -0.25) is 10.9 Å². The first kappa shape index (κ1) is 11.1. The summed E-state index contributed by atoms with van der Waals surface area (Å²) in [6, 6.07) is 15.0. The normalized spacial score (nSPS) is 9.88. The molecule has 0 aliphatic carbocycles. The number of nitrogens with one attached hydrogen (secondary N) is 2. The molecule has 2 rings (SSSR count). The highest BCUT2D eigenvalue weighted by molar-refractivity contribution is 6.33. The van der Waals surface area contributed by atoms with E-state index in [1.165, 1.54) is 0 Å². The fraction of sp³-hybridized carbons (Fsp3) is 0. The third-order valence-electron chi connectivity index (χ3n) is 2.08. The van der Waals surface area contributed by atoms with E-state index in [0.717, 1.165) is 11.4 Å². The Morgan fingerprint density at radius 1 is 0.625 bits per heavy atom. The number of hydrogen-bond donors (Lipinski definition) is 2. The van der Waals surface area contributed by atoms with Crippen LogP contribution >= 0.6 is 23.2 Å². The first-order valence-corrected chi connectivity index (χ1v) is 5.54. The minimum atomic E-state index is 0.655. The van der Waals surface area contributed by atoms with Crippen LogP contribution in [-0.2, 0) is 0 Å². The number of halogens is 2. The first-order chi connectivity index (χ1) is 7.77. The smallest absolute Gasteiger partial charge is 0.0726 e. The molecule has 2 nitrogen and oxygen atoms in total. The van der Waals surface area contributed by atoms with Crippen LogP contribution in [0.4, 0.5) is 11.4 Å². The molecule has 2 aromatic carbocycles. The zero-order valence-electron chi connectivity index (χ0n) is 8.37. The van der Waals surface area contributed by atoms with E-state index in [2.05, 4.69) is 10.9 Å². The average molecular weight is 253 g/mol. The van der Waals surface area contributed by atoms with Gasteiger partial charge in [-0.15, -0.1) is 0 Å². The van der Waals surface area contributed by atoms with Crippen LogP contribution in [0.15, 0.2) is 48.5 Å². The highest BCUT2D eigenvalue weighted by Crippen LogP contribution is 2.23. The maximum absolute atomic E-state index is 5.99. The number of para-hydroxylation sites is 2. The highest BCUT2D eigenvalue weighted by Gasteiger charge is 1.99. The number of anilines is 2. The fourth-order valence-electron chi connectivity index (χ4n) is 1.26. The largest absolute Gasteiger partial charge is 0.299 e. The van der Waals surface area contributed by atoms with E-state index < -0.39 is 0 Å². The van der Waals surface area contributed by atoms with Gasteiger partial charge in [0.2, 0.25) is 0 Å². The molecule has 0 bridgehead atoms. The monoisotopic (exact) mass is 252 g/mol. The molecule has 16 heavy (non-hydrogen) atoms. The molecule has 0 amide bonds. The lowest BCUT2D eigenvalue weighted by molar-refractivity contribution is 1.41. The third-order valence-corrected chi connectivity index (χ3v) is 2.74. The highest BCUT2D eigenvalue weighted by atomic mass is 35.5. The van der Waals surface area contributed by atoms with Crippen LogP contribution in [0, 0.1) is 0 Å². The van der Waals surface area contributed by atoms with Crippen molar-refractivity contribution in [3.8, 4) is 0 Å². The number of hydrazine groups is 1. The summed E-state index contributed by atoms with van der Waals surface area (Å²) in [4.78, 5) is 0. The minimum absolute atomic E-state index is 0.655. The Bertz CT molecular complexity index is 440. The van der Waals surface area contributed by atoms with E-state index in [9.17, 15) is 0 Å². The summed E-state index contributed by atoms with van der Waals surface area (Å²) >= 11 is 12.0. The summed E-state index contributed by atoms with van der Waals surface area (Å²) in [6.45, 7) is 0. The van der Waals surface area contributed by atoms with E-state index in [1.54, 1.807) is 0 Å². The lowest BCUT2D eigenvalue weighted by atomic mass is 10.3. The molecular formula is C12H10Cl2N2. The van der Waals surface area contributed by atoms with Crippen molar-refractivity contribution in [3.05, 3.63) is 58.6 Å². The standard InChI is InChI=1S/C12H10Cl2N2/c13-9-5-1-3-7-11(9)15-16-12-8-4-2-6-10(12)14/h1-8,15-16H. The summed E-state index contributed by atoms with van der Waals surface area (Å²) < 4.78 is 0. The van der Waals surface area contributed by atoms with E-state index in [-0.39, 0.29) is 0 Å². The van der Waals surface area contributed by atoms with Crippen molar-refractivity contribution in [1.29, 1.82) is 0 Å². The van der Waals surface area contributed by atoms with Gasteiger partial charge in [-0.25, -0.2) is 0 Å². The topological polar surface area (TPSA) is 24.1 Å². The molecule has 0 radical (unpaired) electrons. The van der Waals surface area contributed by atoms with Crippen molar-refractivity contribution in [2.45, 2.75) is 0 Å². The Morgan fingerprint density at radius 2 is 1.00 bits per heavy atom. The molecule has 0 saturated carbocycles. The number of benzene rings is 2. The van der Waals surface area contributed by atoms with Gasteiger partial charge in [0.05, 0.1) is 21.4 Å². The lowest BCUT2D eigenvalue weighted by Crippen LogP contribution is -2.09. The van der Waals surface area contributed by atoms with Gasteiger partial charge in [-0.2, -0.15) is 0 Å². The lowest BCUT2D eigenvalue weighted by Gasteiger charge is -2.11. The van der Waals surface area contributed by atoms with Gasteiger partial charge in [-0.1, -0.05) is 47.5 Å². The van der Waals surface area contributed by atoms with Crippen molar-refractivity contribution in [2.75, 3.05) is 10.9 Å². The van der Waals surface area contributed by atoms with Crippen molar-refractivity contribution < 1.29 is 0 Å². The van der Waals surface area contributed by atoms with Crippen LogP contribution in [0.1, 0.15) is 0 Å². The SMILES string of the molecule is Clc1ccccc1NNc1ccccc1Cl. The van der Waals surface area contributed by atoms with Gasteiger partial charge in [0.25, 0.3) is 0 Å². The van der Waals surface area contributed by atoms with Crippen LogP contribution in [0.5, 0.6) is 0 Å². The van der Waals surface area contributed by atoms with Gasteiger partial charge in [0, 0.05) is 0 Å². The van der Waals surface area contributed by atoms with E-state index in [1.807, 2.05) is 48.5 Å². The molecule has 0 spiro atoms. The Labute approximate surface area is 104 Å². The van der Waals surface area contributed by atoms with Gasteiger partial charge in [-0.05, 0) is 24.3 Å². The molecule has 0 saturated heterocycles. The van der Waals surface area contributed by atoms with Crippen molar-refractivity contribution >= 4 is 34.6 Å². The van der Waals surface area contributed by atoms with E-state index in [4.69, 9.17) is 23.2 Å². The van der Waals surface area contributed by atoms with Gasteiger partial charge >= 0.3 is 0 Å². The molecule has 0 aliphatic heterocycles. The maximum Gasteiger partial charge on any atom is 0.0726 e. The average Bonchev–Trinajstić information content (AvgIpc) is 2.30. The molecule has 2 N–H and O–H groups in total. The van der Waals surface area contributed by atoms with Crippen LogP contribution in [0.2, 0.25) is 10.0 Å². The molecule has 4 heteroatoms. The molecule has 0 heterocycles. The number of hydrogen-bond acceptors (Lipinski definition) is 2. The summed E-state index contributed by atoms with van der Waals surface area (Å²) in [5, 5.41) is 1.31. The predicted molar refractivity (Wildman–Crippen MR) is 70.1 cm³/mol. The Kier molecular flexibility index (Phi) is 3.54. The molecule has 82 valence electrons. The van der Waals surface area contributed by atoms with Crippen molar-refractivity contribution in [1.82, 2.24) is 0 Å². The Morgan fingerprint density at radius 3 is 1.38 bits per heavy atom. The first-order valence-electron chi connectivity index (χ1n) is 4.78. The number of rotatable bonds is 3. The van der Waals surface area contributed by atoms with Crippen LogP contribution in [-0.4, -0.2) is 0 Å². The molecule has 0 atom stereocenters. The predicted octanol–water partition coefficient (Wildman–Crippen LogP) is 4.43. The molecule has 0 aromatic heterocycles. The van der Waals surface area contributed by atoms with Crippen LogP contribution in [0.3, 0.4) is 0 Å². The Hall–Kier alpha value is -1.38. The van der Waals surface area contributed by atoms with Crippen molar-refractivity contribution in [2.24, 2.45) is 0 Å². The summed E-state index contributed by atoms with van der Waals surface area (Å²) in [6.07, 6.45) is 0. The van der Waals surface area contributed by atoms with E-state index >= 15 is 0 Å². The molecule has 0 fully saturated rings. The summed E-state index contributed by atoms with van der Waals surface area (Å²) in [7, 11) is 0.